The number of nitrogens with two attached hydrogens (primary N) is 1. The minimum atomic E-state index is 0.446. The van der Waals surface area contributed by atoms with E-state index in [1.165, 1.54) is 57.1 Å². The molecule has 0 bridgehead atoms. The van der Waals surface area contributed by atoms with Crippen LogP contribution in [0.3, 0.4) is 0 Å². The van der Waals surface area contributed by atoms with Gasteiger partial charge in [-0.05, 0) is 19.3 Å². The summed E-state index contributed by atoms with van der Waals surface area (Å²) < 4.78 is 0. The highest BCUT2D eigenvalue weighted by Crippen LogP contribution is 2.28. The Labute approximate surface area is 93.2 Å². The van der Waals surface area contributed by atoms with Gasteiger partial charge in [0.1, 0.15) is 0 Å². The molecule has 1 unspecified atom stereocenters. The van der Waals surface area contributed by atoms with E-state index in [-0.39, 0.29) is 0 Å². The lowest BCUT2D eigenvalue weighted by molar-refractivity contribution is 0.514. The average Bonchev–Trinajstić information content (AvgIpc) is 2.25. The highest BCUT2D eigenvalue weighted by Gasteiger charge is 2.14. The molecule has 0 aromatic rings. The second-order valence-corrected chi connectivity index (χ2v) is 5.83. The van der Waals surface area contributed by atoms with Gasteiger partial charge in [-0.3, -0.25) is 0 Å². The molecule has 0 aromatic carbocycles. The van der Waals surface area contributed by atoms with Gasteiger partial charge < -0.3 is 5.73 Å². The van der Waals surface area contributed by atoms with E-state index >= 15 is 0 Å². The Bertz CT molecular complexity index is 132. The van der Waals surface area contributed by atoms with Gasteiger partial charge in [-0.1, -0.05) is 39.0 Å². The molecule has 1 nitrogen and oxygen atoms in total. The molecule has 14 heavy (non-hydrogen) atoms. The molecule has 2 heteroatoms. The normalized spacial score (nSPS) is 21.0. The summed E-state index contributed by atoms with van der Waals surface area (Å²) in [5, 5.41) is 0.927. The van der Waals surface area contributed by atoms with Gasteiger partial charge in [0.25, 0.3) is 0 Å². The van der Waals surface area contributed by atoms with Gasteiger partial charge in [0.05, 0.1) is 0 Å². The van der Waals surface area contributed by atoms with E-state index in [0.29, 0.717) is 6.04 Å². The lowest BCUT2D eigenvalue weighted by atomic mass is 10.0. The SMILES string of the molecule is CCCCC(N)CSC1CCCCC1. The maximum absolute atomic E-state index is 6.06. The van der Waals surface area contributed by atoms with Crippen molar-refractivity contribution in [1.29, 1.82) is 0 Å². The number of unbranched alkanes of at least 4 members (excludes halogenated alkanes) is 1. The topological polar surface area (TPSA) is 26.0 Å². The minimum absolute atomic E-state index is 0.446. The van der Waals surface area contributed by atoms with Crippen LogP contribution < -0.4 is 5.73 Å². The van der Waals surface area contributed by atoms with Gasteiger partial charge in [0.2, 0.25) is 0 Å². The van der Waals surface area contributed by atoms with Crippen molar-refractivity contribution in [3.8, 4) is 0 Å². The van der Waals surface area contributed by atoms with Gasteiger partial charge in [0, 0.05) is 17.0 Å². The van der Waals surface area contributed by atoms with Crippen LogP contribution in [0.15, 0.2) is 0 Å². The summed E-state index contributed by atoms with van der Waals surface area (Å²) in [7, 11) is 0. The van der Waals surface area contributed by atoms with Crippen LogP contribution in [0.4, 0.5) is 0 Å². The Hall–Kier alpha value is 0.310. The summed E-state index contributed by atoms with van der Waals surface area (Å²) >= 11 is 2.13. The van der Waals surface area contributed by atoms with Crippen molar-refractivity contribution >= 4 is 11.8 Å². The maximum Gasteiger partial charge on any atom is 0.0130 e. The van der Waals surface area contributed by atoms with Crippen LogP contribution in [0, 0.1) is 0 Å². The highest BCUT2D eigenvalue weighted by molar-refractivity contribution is 7.99. The smallest absolute Gasteiger partial charge is 0.0130 e. The number of hydrogen-bond donors (Lipinski definition) is 1. The first-order valence-corrected chi connectivity index (χ1v) is 7.25. The fourth-order valence-corrected chi connectivity index (χ4v) is 3.39. The van der Waals surface area contributed by atoms with Crippen LogP contribution in [0.25, 0.3) is 0 Å². The molecular formula is C12H25NS. The molecule has 1 saturated carbocycles. The van der Waals surface area contributed by atoms with Crippen LogP contribution in [0.2, 0.25) is 0 Å². The zero-order valence-corrected chi connectivity index (χ0v) is 10.3. The Morgan fingerprint density at radius 2 is 2.00 bits per heavy atom. The molecule has 0 amide bonds. The molecule has 1 fully saturated rings. The molecule has 0 aliphatic heterocycles. The van der Waals surface area contributed by atoms with E-state index in [4.69, 9.17) is 5.73 Å². The van der Waals surface area contributed by atoms with Crippen molar-refractivity contribution in [1.82, 2.24) is 0 Å². The van der Waals surface area contributed by atoms with Crippen LogP contribution >= 0.6 is 11.8 Å². The van der Waals surface area contributed by atoms with Crippen LogP contribution in [-0.2, 0) is 0 Å². The molecule has 1 aliphatic rings. The molecule has 2 N–H and O–H groups in total. The van der Waals surface area contributed by atoms with Gasteiger partial charge in [-0.25, -0.2) is 0 Å². The maximum atomic E-state index is 6.06. The van der Waals surface area contributed by atoms with E-state index in [0.717, 1.165) is 5.25 Å². The van der Waals surface area contributed by atoms with Crippen molar-refractivity contribution in [2.45, 2.75) is 69.6 Å². The molecule has 0 spiro atoms. The second-order valence-electron chi connectivity index (χ2n) is 4.50. The molecule has 1 aliphatic carbocycles. The van der Waals surface area contributed by atoms with Crippen molar-refractivity contribution in [3.63, 3.8) is 0 Å². The van der Waals surface area contributed by atoms with E-state index < -0.39 is 0 Å². The quantitative estimate of drug-likeness (QED) is 0.733. The van der Waals surface area contributed by atoms with E-state index in [1.54, 1.807) is 0 Å². The summed E-state index contributed by atoms with van der Waals surface area (Å²) in [5.41, 5.74) is 6.06. The van der Waals surface area contributed by atoms with Gasteiger partial charge in [-0.2, -0.15) is 11.8 Å². The van der Waals surface area contributed by atoms with Crippen molar-refractivity contribution < 1.29 is 0 Å². The predicted molar refractivity (Wildman–Crippen MR) is 66.8 cm³/mol. The molecular weight excluding hydrogens is 190 g/mol. The Kier molecular flexibility index (Phi) is 6.70. The van der Waals surface area contributed by atoms with E-state index in [1.807, 2.05) is 0 Å². The van der Waals surface area contributed by atoms with Crippen molar-refractivity contribution in [2.24, 2.45) is 5.73 Å². The summed E-state index contributed by atoms with van der Waals surface area (Å²) in [6.07, 6.45) is 11.0. The van der Waals surface area contributed by atoms with Gasteiger partial charge in [-0.15, -0.1) is 0 Å². The fraction of sp³-hybridized carbons (Fsp3) is 1.00. The predicted octanol–water partition coefficient (Wildman–Crippen LogP) is 3.57. The minimum Gasteiger partial charge on any atom is -0.327 e. The molecule has 0 saturated heterocycles. The van der Waals surface area contributed by atoms with E-state index in [9.17, 15) is 0 Å². The van der Waals surface area contributed by atoms with Crippen molar-refractivity contribution in [3.05, 3.63) is 0 Å². The summed E-state index contributed by atoms with van der Waals surface area (Å²) in [4.78, 5) is 0. The third kappa shape index (κ3) is 5.26. The molecule has 1 atom stereocenters. The third-order valence-electron chi connectivity index (χ3n) is 3.03. The molecule has 0 heterocycles. The number of rotatable bonds is 6. The molecule has 1 rings (SSSR count). The molecule has 84 valence electrons. The second kappa shape index (κ2) is 7.58. The summed E-state index contributed by atoms with van der Waals surface area (Å²) in [6, 6.07) is 0.446. The van der Waals surface area contributed by atoms with Gasteiger partial charge >= 0.3 is 0 Å². The number of thioether (sulfide) groups is 1. The lowest BCUT2D eigenvalue weighted by Crippen LogP contribution is -2.24. The van der Waals surface area contributed by atoms with Gasteiger partial charge in [0.15, 0.2) is 0 Å². The highest BCUT2D eigenvalue weighted by atomic mass is 32.2. The summed E-state index contributed by atoms with van der Waals surface area (Å²) in [6.45, 7) is 2.24. The van der Waals surface area contributed by atoms with Crippen molar-refractivity contribution in [2.75, 3.05) is 5.75 Å². The van der Waals surface area contributed by atoms with Crippen LogP contribution in [0.1, 0.15) is 58.3 Å². The third-order valence-corrected chi connectivity index (χ3v) is 4.59. The zero-order valence-electron chi connectivity index (χ0n) is 9.50. The zero-order chi connectivity index (χ0) is 10.2. The Balaban J connectivity index is 2.00. The fourth-order valence-electron chi connectivity index (χ4n) is 2.04. The average molecular weight is 215 g/mol. The van der Waals surface area contributed by atoms with Crippen LogP contribution in [-0.4, -0.2) is 17.0 Å². The lowest BCUT2D eigenvalue weighted by Gasteiger charge is -2.22. The number of hydrogen-bond acceptors (Lipinski definition) is 2. The first-order valence-electron chi connectivity index (χ1n) is 6.20. The largest absolute Gasteiger partial charge is 0.327 e. The standard InChI is InChI=1S/C12H25NS/c1-2-3-7-11(13)10-14-12-8-5-4-6-9-12/h11-12H,2-10,13H2,1H3. The van der Waals surface area contributed by atoms with E-state index in [2.05, 4.69) is 18.7 Å². The first kappa shape index (κ1) is 12.4. The summed E-state index contributed by atoms with van der Waals surface area (Å²) in [5.74, 6) is 1.19. The Morgan fingerprint density at radius 1 is 1.29 bits per heavy atom. The molecule has 0 radical (unpaired) electrons. The monoisotopic (exact) mass is 215 g/mol. The first-order chi connectivity index (χ1) is 6.83. The molecule has 0 aromatic heterocycles. The Morgan fingerprint density at radius 3 is 2.64 bits per heavy atom. The van der Waals surface area contributed by atoms with Crippen LogP contribution in [0.5, 0.6) is 0 Å².